The Morgan fingerprint density at radius 3 is 1.94 bits per heavy atom. The van der Waals surface area contributed by atoms with Gasteiger partial charge in [0.1, 0.15) is 16.5 Å². The number of ether oxygens (including phenoxy) is 1. The van der Waals surface area contributed by atoms with Crippen LogP contribution in [-0.2, 0) is 36.8 Å². The predicted molar refractivity (Wildman–Crippen MR) is 191 cm³/mol. The van der Waals surface area contributed by atoms with Gasteiger partial charge in [-0.3, -0.25) is 13.7 Å². The number of unbranched alkanes of at least 4 members (excludes halogenated alkanes) is 2. The van der Waals surface area contributed by atoms with Crippen LogP contribution in [0.5, 0.6) is 5.75 Å². The summed E-state index contributed by atoms with van der Waals surface area (Å²) in [6.07, 6.45) is 1.78. The standard InChI is InChI=1S/C30H35N5O10S5/c1-20-16-22(26(45-2)19-25(20)35-34-23-11-10-21-8-7-9-27(24(21)18-23)50(42,43)44)17-28-31-29(46-12-3-5-14-48(36,37)38)33-30(32-28)47-13-4-6-15-49(39,40)41/h7-11,16,18-19H,3-6,12-15,17H2,1-2H3,(H,36,37,38)(H,39,40,41)(H,42,43,44). The quantitative estimate of drug-likeness (QED) is 0.0446. The summed E-state index contributed by atoms with van der Waals surface area (Å²) in [6.45, 7) is 1.84. The fourth-order valence-electron chi connectivity index (χ4n) is 4.66. The fourth-order valence-corrected chi connectivity index (χ4v) is 8.26. The zero-order valence-corrected chi connectivity index (χ0v) is 31.0. The summed E-state index contributed by atoms with van der Waals surface area (Å²) in [5, 5.41) is 10.4. The van der Waals surface area contributed by atoms with Gasteiger partial charge in [0, 0.05) is 34.9 Å². The van der Waals surface area contributed by atoms with E-state index in [1.807, 2.05) is 13.0 Å². The van der Waals surface area contributed by atoms with E-state index in [1.165, 1.54) is 48.8 Å². The highest BCUT2D eigenvalue weighted by Crippen LogP contribution is 2.33. The molecule has 270 valence electrons. The van der Waals surface area contributed by atoms with Gasteiger partial charge in [0.25, 0.3) is 30.4 Å². The molecule has 3 aromatic carbocycles. The number of fused-ring (bicyclic) bond motifs is 1. The van der Waals surface area contributed by atoms with Crippen molar-refractivity contribution in [2.75, 3.05) is 30.1 Å². The number of aryl methyl sites for hydroxylation is 1. The van der Waals surface area contributed by atoms with Crippen molar-refractivity contribution in [2.24, 2.45) is 10.2 Å². The second-order valence-corrected chi connectivity index (χ2v) is 17.6. The van der Waals surface area contributed by atoms with Crippen molar-refractivity contribution in [1.29, 1.82) is 0 Å². The SMILES string of the molecule is COc1cc(N=Nc2ccc3cccc(S(=O)(=O)O)c3c2)c(C)cc1Cc1nc(SCCCCS(=O)(=O)O)nc(SCCCCS(=O)(=O)O)n1. The molecule has 50 heavy (non-hydrogen) atoms. The molecule has 3 N–H and O–H groups in total. The van der Waals surface area contributed by atoms with E-state index in [2.05, 4.69) is 25.2 Å². The molecule has 0 unspecified atom stereocenters. The molecular weight excluding hydrogens is 751 g/mol. The highest BCUT2D eigenvalue weighted by Gasteiger charge is 2.16. The zero-order valence-electron chi connectivity index (χ0n) is 27.0. The van der Waals surface area contributed by atoms with Gasteiger partial charge in [-0.2, -0.15) is 40.5 Å². The summed E-state index contributed by atoms with van der Waals surface area (Å²) in [6, 6.07) is 13.0. The van der Waals surface area contributed by atoms with Crippen molar-refractivity contribution < 1.29 is 43.6 Å². The molecule has 20 heteroatoms. The summed E-state index contributed by atoms with van der Waals surface area (Å²) < 4.78 is 101. The molecule has 4 aromatic rings. The number of methoxy groups -OCH3 is 1. The second kappa shape index (κ2) is 17.3. The summed E-state index contributed by atoms with van der Waals surface area (Å²) in [4.78, 5) is 13.5. The van der Waals surface area contributed by atoms with Crippen LogP contribution in [0.2, 0.25) is 0 Å². The molecule has 0 aliphatic carbocycles. The molecular formula is C30H35N5O10S5. The molecule has 1 aromatic heterocycles. The van der Waals surface area contributed by atoms with Gasteiger partial charge in [0.2, 0.25) is 0 Å². The van der Waals surface area contributed by atoms with Crippen LogP contribution in [-0.4, -0.2) is 84.0 Å². The average molecular weight is 786 g/mol. The van der Waals surface area contributed by atoms with E-state index in [4.69, 9.17) is 13.8 Å². The normalized spacial score (nSPS) is 12.6. The first-order chi connectivity index (χ1) is 23.5. The summed E-state index contributed by atoms with van der Waals surface area (Å²) in [7, 11) is -11.0. The Morgan fingerprint density at radius 2 is 1.38 bits per heavy atom. The van der Waals surface area contributed by atoms with E-state index in [0.29, 0.717) is 68.4 Å². The summed E-state index contributed by atoms with van der Waals surface area (Å²) >= 11 is 2.62. The third-order valence-electron chi connectivity index (χ3n) is 7.02. The third-order valence-corrected chi connectivity index (χ3v) is 11.4. The van der Waals surface area contributed by atoms with Crippen LogP contribution in [0.15, 0.2) is 74.0 Å². The Bertz CT molecular complexity index is 2140. The van der Waals surface area contributed by atoms with Gasteiger partial charge in [0.05, 0.1) is 30.0 Å². The number of thioether (sulfide) groups is 2. The average Bonchev–Trinajstić information content (AvgIpc) is 3.02. The molecule has 0 amide bonds. The lowest BCUT2D eigenvalue weighted by molar-refractivity contribution is 0.410. The maximum atomic E-state index is 11.9. The van der Waals surface area contributed by atoms with Gasteiger partial charge < -0.3 is 4.74 Å². The molecule has 0 fully saturated rings. The van der Waals surface area contributed by atoms with Crippen LogP contribution in [0.4, 0.5) is 11.4 Å². The Morgan fingerprint density at radius 1 is 0.760 bits per heavy atom. The fraction of sp³-hybridized carbons (Fsp3) is 0.367. The Hall–Kier alpha value is -3.24. The van der Waals surface area contributed by atoms with Gasteiger partial charge in [-0.25, -0.2) is 9.97 Å². The minimum atomic E-state index is -4.45. The maximum Gasteiger partial charge on any atom is 0.295 e. The van der Waals surface area contributed by atoms with Crippen molar-refractivity contribution in [3.05, 3.63) is 65.5 Å². The Balaban J connectivity index is 1.55. The highest BCUT2D eigenvalue weighted by atomic mass is 32.2. The van der Waals surface area contributed by atoms with E-state index in [9.17, 15) is 29.8 Å². The lowest BCUT2D eigenvalue weighted by Crippen LogP contribution is -2.06. The monoisotopic (exact) mass is 785 g/mol. The van der Waals surface area contributed by atoms with Crippen molar-refractivity contribution in [3.63, 3.8) is 0 Å². The third kappa shape index (κ3) is 12.5. The number of aromatic nitrogens is 3. The number of hydrogen-bond acceptors (Lipinski definition) is 14. The first-order valence-corrected chi connectivity index (χ1v) is 21.6. The van der Waals surface area contributed by atoms with Crippen LogP contribution < -0.4 is 4.74 Å². The van der Waals surface area contributed by atoms with Gasteiger partial charge in [-0.15, -0.1) is 0 Å². The Labute approximate surface area is 299 Å². The van der Waals surface area contributed by atoms with Crippen LogP contribution in [0.25, 0.3) is 10.8 Å². The molecule has 0 radical (unpaired) electrons. The van der Waals surface area contributed by atoms with Crippen molar-refractivity contribution in [1.82, 2.24) is 15.0 Å². The minimum Gasteiger partial charge on any atom is -0.496 e. The van der Waals surface area contributed by atoms with Gasteiger partial charge in [-0.1, -0.05) is 41.7 Å². The van der Waals surface area contributed by atoms with E-state index in [-0.39, 0.29) is 35.7 Å². The summed E-state index contributed by atoms with van der Waals surface area (Å²) in [5.74, 6) is 1.22. The predicted octanol–water partition coefficient (Wildman–Crippen LogP) is 6.11. The van der Waals surface area contributed by atoms with Gasteiger partial charge in [0.15, 0.2) is 10.3 Å². The van der Waals surface area contributed by atoms with Crippen LogP contribution in [0.1, 0.15) is 42.6 Å². The van der Waals surface area contributed by atoms with Gasteiger partial charge >= 0.3 is 0 Å². The number of azo groups is 1. The number of rotatable bonds is 18. The van der Waals surface area contributed by atoms with Crippen molar-refractivity contribution in [2.45, 2.75) is 54.2 Å². The molecule has 4 rings (SSSR count). The molecule has 0 aliphatic heterocycles. The minimum absolute atomic E-state index is 0.231. The number of benzene rings is 3. The smallest absolute Gasteiger partial charge is 0.295 e. The maximum absolute atomic E-state index is 11.9. The lowest BCUT2D eigenvalue weighted by atomic mass is 10.1. The molecule has 0 saturated carbocycles. The van der Waals surface area contributed by atoms with Crippen LogP contribution >= 0.6 is 23.5 Å². The molecule has 0 aliphatic rings. The molecule has 15 nitrogen and oxygen atoms in total. The topological polar surface area (TPSA) is 236 Å². The second-order valence-electron chi connectivity index (χ2n) is 11.0. The molecule has 0 spiro atoms. The molecule has 0 atom stereocenters. The van der Waals surface area contributed by atoms with Gasteiger partial charge in [-0.05, 0) is 67.8 Å². The zero-order chi connectivity index (χ0) is 36.5. The molecule has 0 saturated heterocycles. The van der Waals surface area contributed by atoms with Crippen molar-refractivity contribution in [3.8, 4) is 5.75 Å². The number of nitrogens with zero attached hydrogens (tertiary/aromatic N) is 5. The van der Waals surface area contributed by atoms with Crippen LogP contribution in [0.3, 0.4) is 0 Å². The number of hydrogen-bond donors (Lipinski definition) is 3. The highest BCUT2D eigenvalue weighted by molar-refractivity contribution is 7.99. The van der Waals surface area contributed by atoms with E-state index in [1.54, 1.807) is 24.3 Å². The van der Waals surface area contributed by atoms with E-state index >= 15 is 0 Å². The van der Waals surface area contributed by atoms with Crippen LogP contribution in [0, 0.1) is 6.92 Å². The first kappa shape index (κ1) is 39.5. The summed E-state index contributed by atoms with van der Waals surface area (Å²) in [5.41, 5.74) is 2.35. The molecule has 1 heterocycles. The largest absolute Gasteiger partial charge is 0.496 e. The molecule has 0 bridgehead atoms. The van der Waals surface area contributed by atoms with E-state index < -0.39 is 30.4 Å². The Kier molecular flexibility index (Phi) is 13.7. The van der Waals surface area contributed by atoms with E-state index in [0.717, 1.165) is 11.1 Å². The van der Waals surface area contributed by atoms with Crippen molar-refractivity contribution >= 4 is 76.0 Å². The first-order valence-electron chi connectivity index (χ1n) is 15.0. The lowest BCUT2D eigenvalue weighted by Gasteiger charge is -2.12.